The van der Waals surface area contributed by atoms with Gasteiger partial charge in [0.15, 0.2) is 9.84 Å². The normalized spacial score (nSPS) is 14.3. The molecule has 4 rings (SSSR count). The number of para-hydroxylation sites is 1. The fourth-order valence-electron chi connectivity index (χ4n) is 3.23. The largest absolute Gasteiger partial charge is 0.477 e. The molecule has 0 amide bonds. The molecule has 1 aliphatic heterocycles. The molecule has 0 aliphatic carbocycles. The molecule has 0 bridgehead atoms. The van der Waals surface area contributed by atoms with Crippen LogP contribution in [0.5, 0.6) is 0 Å². The quantitative estimate of drug-likeness (QED) is 0.272. The lowest BCUT2D eigenvalue weighted by atomic mass is 10.1. The minimum Gasteiger partial charge on any atom is -0.477 e. The summed E-state index contributed by atoms with van der Waals surface area (Å²) >= 11 is 13.0. The van der Waals surface area contributed by atoms with Crippen molar-refractivity contribution in [3.63, 3.8) is 0 Å². The minimum absolute atomic E-state index is 0.00682. The summed E-state index contributed by atoms with van der Waals surface area (Å²) in [6.07, 6.45) is -0.310. The van der Waals surface area contributed by atoms with Crippen molar-refractivity contribution in [2.24, 2.45) is 5.10 Å². The van der Waals surface area contributed by atoms with E-state index in [0.717, 1.165) is 11.3 Å². The van der Waals surface area contributed by atoms with Crippen molar-refractivity contribution in [3.05, 3.63) is 67.0 Å². The maximum atomic E-state index is 12.7. The molecule has 2 N–H and O–H groups in total. The van der Waals surface area contributed by atoms with Gasteiger partial charge in [0.25, 0.3) is 5.69 Å². The number of carboxylic acids is 1. The molecule has 0 unspecified atom stereocenters. The van der Waals surface area contributed by atoms with Crippen LogP contribution in [0.25, 0.3) is 11.3 Å². The van der Waals surface area contributed by atoms with Gasteiger partial charge in [-0.1, -0.05) is 52.7 Å². The molecule has 10 nitrogen and oxygen atoms in total. The first-order valence-electron chi connectivity index (χ1n) is 9.07. The third-order valence-corrected chi connectivity index (χ3v) is 8.25. The second kappa shape index (κ2) is 8.71. The molecule has 0 atom stereocenters. The van der Waals surface area contributed by atoms with Gasteiger partial charge in [0.2, 0.25) is 5.13 Å². The molecule has 170 valence electrons. The number of hydrogen-bond donors (Lipinski definition) is 2. The molecular weight excluding hydrogens is 515 g/mol. The Kier molecular flexibility index (Phi) is 6.10. The van der Waals surface area contributed by atoms with Crippen LogP contribution < -0.4 is 5.43 Å². The Morgan fingerprint density at radius 3 is 2.67 bits per heavy atom. The van der Waals surface area contributed by atoms with Gasteiger partial charge in [-0.05, 0) is 12.1 Å². The van der Waals surface area contributed by atoms with Crippen LogP contribution in [-0.2, 0) is 26.8 Å². The lowest BCUT2D eigenvalue weighted by Gasteiger charge is -2.16. The van der Waals surface area contributed by atoms with Gasteiger partial charge in [-0.15, -0.1) is 0 Å². The Morgan fingerprint density at radius 1 is 1.27 bits per heavy atom. The molecule has 0 saturated heterocycles. The number of nitro benzene ring substituents is 1. The maximum Gasteiger partial charge on any atom is 0.352 e. The Hall–Kier alpha value is -3.06. The topological polar surface area (TPSA) is 152 Å². The number of sulfone groups is 1. The summed E-state index contributed by atoms with van der Waals surface area (Å²) < 4.78 is 25.3. The van der Waals surface area contributed by atoms with Gasteiger partial charge in [-0.2, -0.15) is 5.10 Å². The molecule has 1 aromatic heterocycles. The predicted molar refractivity (Wildman–Crippen MR) is 124 cm³/mol. The number of thiazole rings is 1. The highest BCUT2D eigenvalue weighted by molar-refractivity contribution is 7.91. The first kappa shape index (κ1) is 23.1. The second-order valence-corrected chi connectivity index (χ2v) is 10.7. The highest BCUT2D eigenvalue weighted by atomic mass is 35.5. The van der Waals surface area contributed by atoms with E-state index in [-0.39, 0.29) is 54.8 Å². The van der Waals surface area contributed by atoms with Gasteiger partial charge >= 0.3 is 5.97 Å². The van der Waals surface area contributed by atoms with Crippen molar-refractivity contribution in [1.29, 1.82) is 0 Å². The van der Waals surface area contributed by atoms with E-state index in [9.17, 15) is 28.4 Å². The number of hydrazone groups is 1. The number of benzene rings is 2. The van der Waals surface area contributed by atoms with Crippen LogP contribution in [0.15, 0.2) is 46.4 Å². The van der Waals surface area contributed by atoms with E-state index in [1.54, 1.807) is 6.07 Å². The van der Waals surface area contributed by atoms with E-state index >= 15 is 0 Å². The number of carboxylic acid groups (broad SMARTS) is 1. The van der Waals surface area contributed by atoms with Crippen molar-refractivity contribution in [2.75, 3.05) is 5.43 Å². The fourth-order valence-corrected chi connectivity index (χ4v) is 6.46. The van der Waals surface area contributed by atoms with Crippen molar-refractivity contribution >= 4 is 66.9 Å². The first-order valence-corrected chi connectivity index (χ1v) is 12.3. The molecule has 0 radical (unpaired) electrons. The third kappa shape index (κ3) is 4.55. The Labute approximate surface area is 200 Å². The van der Waals surface area contributed by atoms with Crippen LogP contribution in [0.3, 0.4) is 0 Å². The van der Waals surface area contributed by atoms with E-state index in [0.29, 0.717) is 10.6 Å². The number of nitro groups is 1. The Balaban J connectivity index is 1.67. The third-order valence-electron chi connectivity index (χ3n) is 4.71. The summed E-state index contributed by atoms with van der Waals surface area (Å²) in [5.74, 6) is -1.69. The van der Waals surface area contributed by atoms with E-state index in [1.165, 1.54) is 30.3 Å². The average Bonchev–Trinajstić information content (AvgIpc) is 3.14. The van der Waals surface area contributed by atoms with Gasteiger partial charge in [0, 0.05) is 23.6 Å². The summed E-state index contributed by atoms with van der Waals surface area (Å²) in [6.45, 7) is 0. The standard InChI is InChI=1S/C19H12Cl2N4O6S2/c20-11-6-10-16(7-12(11)21)33(30,31)8-15-17(10)22-19(32-15)24-23-13(18(26)27)5-9-3-1-2-4-14(9)25(28)29/h1-4,6-7H,5,8H2,(H,22,24)(H,26,27)/b23-13-. The molecule has 1 aliphatic rings. The molecule has 2 heterocycles. The van der Waals surface area contributed by atoms with Crippen LogP contribution >= 0.6 is 34.5 Å². The number of aliphatic carboxylic acids is 1. The molecule has 14 heteroatoms. The van der Waals surface area contributed by atoms with Gasteiger partial charge < -0.3 is 5.11 Å². The molecule has 33 heavy (non-hydrogen) atoms. The van der Waals surface area contributed by atoms with E-state index in [2.05, 4.69) is 15.5 Å². The van der Waals surface area contributed by atoms with Crippen molar-refractivity contribution < 1.29 is 23.2 Å². The number of nitrogens with one attached hydrogen (secondary N) is 1. The summed E-state index contributed by atoms with van der Waals surface area (Å²) in [4.78, 5) is 27.0. The zero-order valence-electron chi connectivity index (χ0n) is 16.3. The van der Waals surface area contributed by atoms with E-state index < -0.39 is 20.7 Å². The number of fused-ring (bicyclic) bond motifs is 3. The monoisotopic (exact) mass is 526 g/mol. The Bertz CT molecular complexity index is 1450. The predicted octanol–water partition coefficient (Wildman–Crippen LogP) is 4.41. The molecular formula is C19H12Cl2N4O6S2. The van der Waals surface area contributed by atoms with E-state index in [4.69, 9.17) is 23.2 Å². The van der Waals surface area contributed by atoms with Crippen LogP contribution in [0.4, 0.5) is 10.8 Å². The number of rotatable bonds is 6. The number of anilines is 1. The zero-order valence-corrected chi connectivity index (χ0v) is 19.4. The number of halogens is 2. The summed E-state index contributed by atoms with van der Waals surface area (Å²) in [5, 5.41) is 24.9. The van der Waals surface area contributed by atoms with Crippen LogP contribution in [-0.4, -0.2) is 35.1 Å². The molecule has 3 aromatic rings. The number of carbonyl (C=O) groups is 1. The van der Waals surface area contributed by atoms with Gasteiger partial charge in [0.05, 0.1) is 36.2 Å². The summed E-state index contributed by atoms with van der Waals surface area (Å²) in [6, 6.07) is 8.43. The van der Waals surface area contributed by atoms with Crippen LogP contribution in [0.2, 0.25) is 10.0 Å². The lowest BCUT2D eigenvalue weighted by molar-refractivity contribution is -0.385. The zero-order chi connectivity index (χ0) is 23.9. The van der Waals surface area contributed by atoms with Crippen molar-refractivity contribution in [1.82, 2.24) is 4.98 Å². The smallest absolute Gasteiger partial charge is 0.352 e. The average molecular weight is 527 g/mol. The van der Waals surface area contributed by atoms with Crippen LogP contribution in [0.1, 0.15) is 10.4 Å². The van der Waals surface area contributed by atoms with Gasteiger partial charge in [-0.25, -0.2) is 18.2 Å². The lowest BCUT2D eigenvalue weighted by Crippen LogP contribution is -2.18. The molecule has 0 saturated carbocycles. The highest BCUT2D eigenvalue weighted by Crippen LogP contribution is 2.44. The van der Waals surface area contributed by atoms with Crippen molar-refractivity contribution in [2.45, 2.75) is 17.1 Å². The SMILES string of the molecule is O=C(O)/C(Cc1ccccc1[N+](=O)[O-])=N\Nc1nc2c(s1)CS(=O)(=O)c1cc(Cl)c(Cl)cc1-2. The van der Waals surface area contributed by atoms with Gasteiger partial charge in [0.1, 0.15) is 5.71 Å². The fraction of sp³-hybridized carbons (Fsp3) is 0.105. The molecule has 0 fully saturated rings. The number of aromatic nitrogens is 1. The number of hydrogen-bond acceptors (Lipinski definition) is 9. The first-order chi connectivity index (χ1) is 15.6. The molecule has 0 spiro atoms. The van der Waals surface area contributed by atoms with Gasteiger partial charge in [-0.3, -0.25) is 15.5 Å². The molecule has 2 aromatic carbocycles. The van der Waals surface area contributed by atoms with Crippen LogP contribution in [0, 0.1) is 10.1 Å². The Morgan fingerprint density at radius 2 is 1.97 bits per heavy atom. The minimum atomic E-state index is -3.67. The van der Waals surface area contributed by atoms with E-state index in [1.807, 2.05) is 0 Å². The maximum absolute atomic E-state index is 12.7. The second-order valence-electron chi connectivity index (χ2n) is 6.85. The summed E-state index contributed by atoms with van der Waals surface area (Å²) in [7, 11) is -3.67. The number of nitrogens with zero attached hydrogens (tertiary/aromatic N) is 3. The highest BCUT2D eigenvalue weighted by Gasteiger charge is 2.32. The summed E-state index contributed by atoms with van der Waals surface area (Å²) in [5.41, 5.74) is 2.75. The van der Waals surface area contributed by atoms with Crippen molar-refractivity contribution in [3.8, 4) is 11.3 Å².